The van der Waals surface area contributed by atoms with Crippen LogP contribution in [0.5, 0.6) is 5.75 Å². The predicted octanol–water partition coefficient (Wildman–Crippen LogP) is 8.10. The van der Waals surface area contributed by atoms with Gasteiger partial charge in [0.2, 0.25) is 0 Å². The lowest BCUT2D eigenvalue weighted by molar-refractivity contribution is -0.121. The number of allylic oxidation sites excluding steroid dienone is 2. The lowest BCUT2D eigenvalue weighted by Crippen LogP contribution is -2.16. The topological polar surface area (TPSA) is 43.4 Å². The lowest BCUT2D eigenvalue weighted by atomic mass is 9.86. The summed E-state index contributed by atoms with van der Waals surface area (Å²) >= 11 is 0. The molecule has 0 saturated heterocycles. The van der Waals surface area contributed by atoms with Crippen molar-refractivity contribution in [1.29, 1.82) is 0 Å². The lowest BCUT2D eigenvalue weighted by Gasteiger charge is -2.20. The highest BCUT2D eigenvalue weighted by molar-refractivity contribution is 6.10. The van der Waals surface area contributed by atoms with Crippen LogP contribution in [0.3, 0.4) is 0 Å². The Hall–Kier alpha value is -3.74. The standard InChI is InChI=1S/C32H30F4O3/c1-3-19(2)8-13-24(37)18-39-30-7-5-4-6-25(30)26-14-21(20-9-11-22(33)12-10-20)15-27(26)32(38)31-28(35)16-23(34)17-29(31)36/h4-7,9-12,15-17,19,21,26H,3,8,13-14,18H2,1-2H3. The number of Topliss-reactive ketones (excluding diaryl/α,β-unsaturated/α-hetero) is 2. The second-order valence-corrected chi connectivity index (χ2v) is 10.1. The molecule has 0 amide bonds. The first-order valence-electron chi connectivity index (χ1n) is 13.1. The Morgan fingerprint density at radius 1 is 0.949 bits per heavy atom. The Kier molecular flexibility index (Phi) is 9.00. The summed E-state index contributed by atoms with van der Waals surface area (Å²) in [6, 6.07) is 13.7. The van der Waals surface area contributed by atoms with Crippen LogP contribution >= 0.6 is 0 Å². The highest BCUT2D eigenvalue weighted by Crippen LogP contribution is 2.47. The fraction of sp³-hybridized carbons (Fsp3) is 0.312. The van der Waals surface area contributed by atoms with Crippen molar-refractivity contribution in [3.8, 4) is 5.75 Å². The van der Waals surface area contributed by atoms with Crippen molar-refractivity contribution in [2.75, 3.05) is 6.61 Å². The van der Waals surface area contributed by atoms with Gasteiger partial charge in [0.15, 0.2) is 11.6 Å². The van der Waals surface area contributed by atoms with E-state index in [1.54, 1.807) is 42.5 Å². The van der Waals surface area contributed by atoms with Crippen LogP contribution < -0.4 is 4.74 Å². The van der Waals surface area contributed by atoms with E-state index < -0.39 is 40.5 Å². The molecule has 3 unspecified atom stereocenters. The SMILES string of the molecule is CCC(C)CCC(=O)COc1ccccc1C1CC(c2ccc(F)cc2)C=C1C(=O)c1c(F)cc(F)cc1F. The molecule has 0 N–H and O–H groups in total. The Balaban J connectivity index is 1.67. The van der Waals surface area contributed by atoms with Crippen LogP contribution in [0.15, 0.2) is 72.3 Å². The molecule has 0 saturated carbocycles. The Morgan fingerprint density at radius 3 is 2.28 bits per heavy atom. The van der Waals surface area contributed by atoms with Gasteiger partial charge in [0.25, 0.3) is 0 Å². The Bertz CT molecular complexity index is 1360. The fourth-order valence-electron chi connectivity index (χ4n) is 4.90. The van der Waals surface area contributed by atoms with Crippen LogP contribution in [0.1, 0.15) is 72.9 Å². The average Bonchev–Trinajstić information content (AvgIpc) is 3.35. The van der Waals surface area contributed by atoms with Gasteiger partial charge in [-0.1, -0.05) is 56.7 Å². The monoisotopic (exact) mass is 538 g/mol. The van der Waals surface area contributed by atoms with Crippen molar-refractivity contribution in [3.63, 3.8) is 0 Å². The third-order valence-corrected chi connectivity index (χ3v) is 7.34. The van der Waals surface area contributed by atoms with Crippen molar-refractivity contribution in [1.82, 2.24) is 0 Å². The molecule has 0 spiro atoms. The fourth-order valence-corrected chi connectivity index (χ4v) is 4.90. The van der Waals surface area contributed by atoms with Crippen LogP contribution in [0.25, 0.3) is 0 Å². The third-order valence-electron chi connectivity index (χ3n) is 7.34. The molecule has 3 atom stereocenters. The number of ketones is 2. The molecule has 3 nitrogen and oxygen atoms in total. The second-order valence-electron chi connectivity index (χ2n) is 10.1. The van der Waals surface area contributed by atoms with Gasteiger partial charge >= 0.3 is 0 Å². The molecule has 0 bridgehead atoms. The van der Waals surface area contributed by atoms with E-state index in [1.807, 2.05) is 0 Å². The normalized spacial score (nSPS) is 17.5. The zero-order valence-corrected chi connectivity index (χ0v) is 21.9. The van der Waals surface area contributed by atoms with E-state index >= 15 is 0 Å². The van der Waals surface area contributed by atoms with Crippen LogP contribution in [-0.4, -0.2) is 18.2 Å². The number of halogens is 4. The summed E-state index contributed by atoms with van der Waals surface area (Å²) in [5.74, 6) is -5.26. The number of ether oxygens (including phenoxy) is 1. The molecule has 1 aliphatic rings. The van der Waals surface area contributed by atoms with Crippen LogP contribution in [0.2, 0.25) is 0 Å². The summed E-state index contributed by atoms with van der Waals surface area (Å²) in [7, 11) is 0. The summed E-state index contributed by atoms with van der Waals surface area (Å²) < 4.78 is 62.2. The smallest absolute Gasteiger partial charge is 0.195 e. The zero-order chi connectivity index (χ0) is 28.1. The molecule has 39 heavy (non-hydrogen) atoms. The van der Waals surface area contributed by atoms with Crippen LogP contribution in [-0.2, 0) is 4.79 Å². The number of benzene rings is 3. The molecule has 3 aromatic carbocycles. The minimum atomic E-state index is -1.29. The number of hydrogen-bond donors (Lipinski definition) is 0. The number of rotatable bonds is 11. The molecule has 204 valence electrons. The maximum absolute atomic E-state index is 14.6. The second kappa shape index (κ2) is 12.4. The molecule has 0 radical (unpaired) electrons. The van der Waals surface area contributed by atoms with E-state index in [9.17, 15) is 27.2 Å². The largest absolute Gasteiger partial charge is 0.486 e. The number of carbonyl (C=O) groups excluding carboxylic acids is 2. The third kappa shape index (κ3) is 6.64. The first kappa shape index (κ1) is 28.3. The maximum Gasteiger partial charge on any atom is 0.195 e. The summed E-state index contributed by atoms with van der Waals surface area (Å²) in [6.07, 6.45) is 4.10. The summed E-state index contributed by atoms with van der Waals surface area (Å²) in [5.41, 5.74) is 0.584. The Labute approximate surface area is 225 Å². The average molecular weight is 539 g/mol. The van der Waals surface area contributed by atoms with Crippen molar-refractivity contribution >= 4 is 11.6 Å². The van der Waals surface area contributed by atoms with Gasteiger partial charge in [-0.05, 0) is 42.5 Å². The minimum Gasteiger partial charge on any atom is -0.486 e. The molecule has 0 fully saturated rings. The van der Waals surface area contributed by atoms with E-state index in [0.717, 1.165) is 18.4 Å². The van der Waals surface area contributed by atoms with Crippen molar-refractivity contribution in [3.05, 3.63) is 112 Å². The van der Waals surface area contributed by atoms with Crippen LogP contribution in [0, 0.1) is 29.2 Å². The summed E-state index contributed by atoms with van der Waals surface area (Å²) in [5, 5.41) is 0. The molecule has 1 aliphatic carbocycles. The van der Waals surface area contributed by atoms with Gasteiger partial charge in [0.05, 0.1) is 5.56 Å². The zero-order valence-electron chi connectivity index (χ0n) is 21.9. The van der Waals surface area contributed by atoms with Gasteiger partial charge in [0, 0.05) is 41.5 Å². The molecule has 7 heteroatoms. The first-order chi connectivity index (χ1) is 18.7. The molecule has 3 aromatic rings. The highest BCUT2D eigenvalue weighted by atomic mass is 19.1. The first-order valence-corrected chi connectivity index (χ1v) is 13.1. The van der Waals surface area contributed by atoms with Crippen molar-refractivity contribution in [2.45, 2.75) is 51.4 Å². The molecule has 0 heterocycles. The van der Waals surface area contributed by atoms with Gasteiger partial charge < -0.3 is 4.74 Å². The minimum absolute atomic E-state index is 0.0528. The van der Waals surface area contributed by atoms with Gasteiger partial charge in [-0.3, -0.25) is 9.59 Å². The highest BCUT2D eigenvalue weighted by Gasteiger charge is 2.36. The van der Waals surface area contributed by atoms with Crippen molar-refractivity contribution in [2.24, 2.45) is 5.92 Å². The molecule has 4 rings (SSSR count). The van der Waals surface area contributed by atoms with E-state index in [2.05, 4.69) is 13.8 Å². The predicted molar refractivity (Wildman–Crippen MR) is 141 cm³/mol. The number of carbonyl (C=O) groups is 2. The number of hydrogen-bond acceptors (Lipinski definition) is 3. The van der Waals surface area contributed by atoms with E-state index in [1.165, 1.54) is 12.1 Å². The quantitative estimate of drug-likeness (QED) is 0.183. The molecule has 0 aliphatic heterocycles. The Morgan fingerprint density at radius 2 is 1.62 bits per heavy atom. The number of para-hydroxylation sites is 1. The van der Waals surface area contributed by atoms with E-state index in [0.29, 0.717) is 42.2 Å². The van der Waals surface area contributed by atoms with Gasteiger partial charge in [0.1, 0.15) is 35.6 Å². The maximum atomic E-state index is 14.6. The van der Waals surface area contributed by atoms with E-state index in [4.69, 9.17) is 4.74 Å². The molecular weight excluding hydrogens is 508 g/mol. The summed E-state index contributed by atoms with van der Waals surface area (Å²) in [6.45, 7) is 4.01. The molecular formula is C32H30F4O3. The van der Waals surface area contributed by atoms with Gasteiger partial charge in [-0.2, -0.15) is 0 Å². The molecule has 0 aromatic heterocycles. The van der Waals surface area contributed by atoms with E-state index in [-0.39, 0.29) is 23.9 Å². The van der Waals surface area contributed by atoms with Gasteiger partial charge in [-0.15, -0.1) is 0 Å². The van der Waals surface area contributed by atoms with Gasteiger partial charge in [-0.25, -0.2) is 17.6 Å². The summed E-state index contributed by atoms with van der Waals surface area (Å²) in [4.78, 5) is 26.0. The van der Waals surface area contributed by atoms with Crippen molar-refractivity contribution < 1.29 is 31.9 Å². The van der Waals surface area contributed by atoms with Crippen LogP contribution in [0.4, 0.5) is 17.6 Å².